The topological polar surface area (TPSA) is 80.0 Å². The first-order chi connectivity index (χ1) is 11.5. The number of carbonyl (C=O) groups excluding carboxylic acids is 1. The molecule has 2 N–H and O–H groups in total. The molecule has 0 spiro atoms. The molecule has 2 heterocycles. The van der Waals surface area contributed by atoms with Crippen LogP contribution in [0.15, 0.2) is 47.3 Å². The van der Waals surface area contributed by atoms with Gasteiger partial charge < -0.3 is 10.4 Å². The smallest absolute Gasteiger partial charge is 0.273 e. The van der Waals surface area contributed by atoms with Crippen molar-refractivity contribution in [3.8, 4) is 5.69 Å². The van der Waals surface area contributed by atoms with Gasteiger partial charge in [-0.1, -0.05) is 17.3 Å². The summed E-state index contributed by atoms with van der Waals surface area (Å²) in [5.74, 6) is -0.371. The molecule has 3 aromatic rings. The molecular weight excluding hydrogens is 324 g/mol. The largest absolute Gasteiger partial charge is 0.384 e. The normalized spacial score (nSPS) is 13.5. The van der Waals surface area contributed by atoms with Crippen LogP contribution in [0.25, 0.3) is 5.69 Å². The maximum Gasteiger partial charge on any atom is 0.273 e. The van der Waals surface area contributed by atoms with Crippen LogP contribution in [0.2, 0.25) is 0 Å². The molecule has 2 aromatic heterocycles. The molecule has 0 radical (unpaired) electrons. The highest BCUT2D eigenvalue weighted by Gasteiger charge is 2.25. The van der Waals surface area contributed by atoms with E-state index in [0.717, 1.165) is 16.8 Å². The maximum absolute atomic E-state index is 12.2. The van der Waals surface area contributed by atoms with Gasteiger partial charge in [-0.15, -0.1) is 5.10 Å². The van der Waals surface area contributed by atoms with Crippen LogP contribution in [0, 0.1) is 6.92 Å². The van der Waals surface area contributed by atoms with Gasteiger partial charge in [0, 0.05) is 0 Å². The van der Waals surface area contributed by atoms with Crippen molar-refractivity contribution in [3.05, 3.63) is 64.1 Å². The van der Waals surface area contributed by atoms with Crippen LogP contribution in [0.1, 0.15) is 28.5 Å². The molecule has 0 bridgehead atoms. The zero-order chi connectivity index (χ0) is 17.2. The lowest BCUT2D eigenvalue weighted by molar-refractivity contribution is 0.0528. The van der Waals surface area contributed by atoms with Crippen molar-refractivity contribution in [2.45, 2.75) is 19.4 Å². The Balaban J connectivity index is 1.68. The number of nitrogens with zero attached hydrogens (tertiary/aromatic N) is 3. The van der Waals surface area contributed by atoms with Crippen LogP contribution in [-0.4, -0.2) is 32.6 Å². The second-order valence-corrected chi connectivity index (χ2v) is 6.64. The number of aromatic nitrogens is 3. The standard InChI is InChI=1S/C17H18N4O2S/c1-12-4-3-5-14(8-12)21-9-15(19-20-21)16(22)18-11-17(2,23)13-6-7-24-10-13/h3-10,23H,11H2,1-2H3,(H,18,22). The number of thiophene rings is 1. The van der Waals surface area contributed by atoms with Gasteiger partial charge in [0.2, 0.25) is 0 Å². The molecule has 24 heavy (non-hydrogen) atoms. The van der Waals surface area contributed by atoms with E-state index in [1.165, 1.54) is 11.3 Å². The number of hydrogen-bond acceptors (Lipinski definition) is 5. The second-order valence-electron chi connectivity index (χ2n) is 5.86. The third-order valence-corrected chi connectivity index (χ3v) is 4.41. The average molecular weight is 342 g/mol. The highest BCUT2D eigenvalue weighted by Crippen LogP contribution is 2.22. The second kappa shape index (κ2) is 6.54. The molecule has 0 saturated heterocycles. The number of hydrogen-bond donors (Lipinski definition) is 2. The van der Waals surface area contributed by atoms with Gasteiger partial charge in [-0.05, 0) is 53.9 Å². The summed E-state index contributed by atoms with van der Waals surface area (Å²) in [4.78, 5) is 12.2. The zero-order valence-corrected chi connectivity index (χ0v) is 14.2. The minimum atomic E-state index is -1.12. The number of nitrogens with one attached hydrogen (secondary N) is 1. The Morgan fingerprint density at radius 1 is 1.42 bits per heavy atom. The lowest BCUT2D eigenvalue weighted by atomic mass is 9.99. The fraction of sp³-hybridized carbons (Fsp3) is 0.235. The van der Waals surface area contributed by atoms with Crippen LogP contribution in [0.5, 0.6) is 0 Å². The first kappa shape index (κ1) is 16.4. The SMILES string of the molecule is Cc1cccc(-n2cc(C(=O)NCC(C)(O)c3ccsc3)nn2)c1. The van der Waals surface area contributed by atoms with Crippen molar-refractivity contribution >= 4 is 17.2 Å². The van der Waals surface area contributed by atoms with E-state index in [1.807, 2.05) is 48.0 Å². The summed E-state index contributed by atoms with van der Waals surface area (Å²) in [5.41, 5.74) is 1.80. The van der Waals surface area contributed by atoms with Gasteiger partial charge in [0.15, 0.2) is 5.69 Å². The molecule has 0 aliphatic heterocycles. The van der Waals surface area contributed by atoms with E-state index in [9.17, 15) is 9.90 Å². The van der Waals surface area contributed by atoms with Crippen molar-refractivity contribution in [3.63, 3.8) is 0 Å². The summed E-state index contributed by atoms with van der Waals surface area (Å²) in [5, 5.41) is 24.8. The van der Waals surface area contributed by atoms with Gasteiger partial charge >= 0.3 is 0 Å². The minimum Gasteiger partial charge on any atom is -0.384 e. The third kappa shape index (κ3) is 3.52. The van der Waals surface area contributed by atoms with Gasteiger partial charge in [-0.25, -0.2) is 4.68 Å². The molecular formula is C17H18N4O2S. The monoisotopic (exact) mass is 342 g/mol. The predicted molar refractivity (Wildman–Crippen MR) is 92.3 cm³/mol. The highest BCUT2D eigenvalue weighted by atomic mass is 32.1. The maximum atomic E-state index is 12.2. The Morgan fingerprint density at radius 3 is 2.96 bits per heavy atom. The number of rotatable bonds is 5. The summed E-state index contributed by atoms with van der Waals surface area (Å²) in [6.07, 6.45) is 1.57. The number of carbonyl (C=O) groups is 1. The summed E-state index contributed by atoms with van der Waals surface area (Å²) in [6.45, 7) is 3.75. The molecule has 0 saturated carbocycles. The number of aliphatic hydroxyl groups is 1. The molecule has 124 valence electrons. The zero-order valence-electron chi connectivity index (χ0n) is 13.4. The number of amides is 1. The van der Waals surface area contributed by atoms with Crippen LogP contribution in [0.4, 0.5) is 0 Å². The van der Waals surface area contributed by atoms with E-state index in [0.29, 0.717) is 0 Å². The van der Waals surface area contributed by atoms with Gasteiger partial charge in [-0.2, -0.15) is 11.3 Å². The van der Waals surface area contributed by atoms with E-state index in [4.69, 9.17) is 0 Å². The van der Waals surface area contributed by atoms with Gasteiger partial charge in [0.1, 0.15) is 5.60 Å². The van der Waals surface area contributed by atoms with E-state index in [2.05, 4.69) is 15.6 Å². The Labute approximate surface area is 143 Å². The first-order valence-corrected chi connectivity index (χ1v) is 8.43. The first-order valence-electron chi connectivity index (χ1n) is 7.48. The van der Waals surface area contributed by atoms with Crippen molar-refractivity contribution < 1.29 is 9.90 Å². The third-order valence-electron chi connectivity index (χ3n) is 3.73. The summed E-state index contributed by atoms with van der Waals surface area (Å²) < 4.78 is 1.55. The molecule has 1 aromatic carbocycles. The minimum absolute atomic E-state index is 0.0971. The number of benzene rings is 1. The summed E-state index contributed by atoms with van der Waals surface area (Å²) in [7, 11) is 0. The van der Waals surface area contributed by atoms with Crippen molar-refractivity contribution in [2.24, 2.45) is 0 Å². The summed E-state index contributed by atoms with van der Waals surface area (Å²) in [6, 6.07) is 9.60. The van der Waals surface area contributed by atoms with E-state index in [-0.39, 0.29) is 18.1 Å². The number of aryl methyl sites for hydroxylation is 1. The van der Waals surface area contributed by atoms with E-state index >= 15 is 0 Å². The van der Waals surface area contributed by atoms with Crippen LogP contribution < -0.4 is 5.32 Å². The molecule has 6 nitrogen and oxygen atoms in total. The Hall–Kier alpha value is -2.51. The van der Waals surface area contributed by atoms with Crippen molar-refractivity contribution in [1.29, 1.82) is 0 Å². The van der Waals surface area contributed by atoms with Crippen LogP contribution >= 0.6 is 11.3 Å². The van der Waals surface area contributed by atoms with E-state index < -0.39 is 5.60 Å². The summed E-state index contributed by atoms with van der Waals surface area (Å²) >= 11 is 1.50. The lowest BCUT2D eigenvalue weighted by Gasteiger charge is -2.22. The van der Waals surface area contributed by atoms with Gasteiger partial charge in [0.05, 0.1) is 18.4 Å². The van der Waals surface area contributed by atoms with E-state index in [1.54, 1.807) is 17.8 Å². The lowest BCUT2D eigenvalue weighted by Crippen LogP contribution is -2.38. The predicted octanol–water partition coefficient (Wildman–Crippen LogP) is 2.27. The van der Waals surface area contributed by atoms with Crippen LogP contribution in [0.3, 0.4) is 0 Å². The molecule has 0 fully saturated rings. The van der Waals surface area contributed by atoms with Gasteiger partial charge in [0.25, 0.3) is 5.91 Å². The average Bonchev–Trinajstić information content (AvgIpc) is 3.24. The molecule has 3 rings (SSSR count). The van der Waals surface area contributed by atoms with Gasteiger partial charge in [-0.3, -0.25) is 4.79 Å². The Bertz CT molecular complexity index is 840. The highest BCUT2D eigenvalue weighted by molar-refractivity contribution is 7.08. The van der Waals surface area contributed by atoms with Crippen molar-refractivity contribution in [1.82, 2.24) is 20.3 Å². The Kier molecular flexibility index (Phi) is 4.46. The fourth-order valence-electron chi connectivity index (χ4n) is 2.28. The molecule has 1 unspecified atom stereocenters. The van der Waals surface area contributed by atoms with Crippen molar-refractivity contribution in [2.75, 3.05) is 6.54 Å². The molecule has 0 aliphatic rings. The Morgan fingerprint density at radius 2 is 2.25 bits per heavy atom. The van der Waals surface area contributed by atoms with Crippen LogP contribution in [-0.2, 0) is 5.60 Å². The quantitative estimate of drug-likeness (QED) is 0.745. The molecule has 1 amide bonds. The fourth-order valence-corrected chi connectivity index (χ4v) is 3.06. The molecule has 0 aliphatic carbocycles. The molecule has 1 atom stereocenters. The molecule has 7 heteroatoms.